The molecule has 3 heterocycles. The molecule has 1 saturated heterocycles. The van der Waals surface area contributed by atoms with Gasteiger partial charge in [0.2, 0.25) is 0 Å². The summed E-state index contributed by atoms with van der Waals surface area (Å²) in [7, 11) is 0. The summed E-state index contributed by atoms with van der Waals surface area (Å²) in [5.41, 5.74) is 0. The van der Waals surface area contributed by atoms with Crippen LogP contribution in [-0.2, 0) is 13.0 Å². The molecule has 1 aromatic heterocycles. The molecule has 0 spiro atoms. The number of hydrogen-bond acceptors (Lipinski definition) is 4. The standard InChI is InChI=1S/C14H24N4O/c1-10(2)17-7-4-3-5-12(17)14-16-15-13-9-11(19)6-8-18(13)14/h10-12,19H,3-9H2,1-2H3. The van der Waals surface area contributed by atoms with E-state index >= 15 is 0 Å². The molecule has 2 aliphatic rings. The number of aliphatic hydroxyl groups excluding tert-OH is 1. The van der Waals surface area contributed by atoms with Crippen LogP contribution in [0.4, 0.5) is 0 Å². The van der Waals surface area contributed by atoms with E-state index in [1.54, 1.807) is 0 Å². The molecule has 0 amide bonds. The van der Waals surface area contributed by atoms with E-state index in [2.05, 4.69) is 33.5 Å². The van der Waals surface area contributed by atoms with Crippen molar-refractivity contribution in [2.75, 3.05) is 6.54 Å². The molecule has 2 aliphatic heterocycles. The molecule has 3 rings (SSSR count). The molecule has 2 unspecified atom stereocenters. The Hall–Kier alpha value is -0.940. The lowest BCUT2D eigenvalue weighted by molar-refractivity contribution is 0.0985. The van der Waals surface area contributed by atoms with Crippen molar-refractivity contribution in [3.8, 4) is 0 Å². The second kappa shape index (κ2) is 5.21. The largest absolute Gasteiger partial charge is 0.393 e. The van der Waals surface area contributed by atoms with Gasteiger partial charge in [0, 0.05) is 19.0 Å². The topological polar surface area (TPSA) is 54.2 Å². The highest BCUT2D eigenvalue weighted by molar-refractivity contribution is 5.06. The van der Waals surface area contributed by atoms with Crippen molar-refractivity contribution in [2.45, 2.75) is 70.7 Å². The van der Waals surface area contributed by atoms with Crippen LogP contribution in [-0.4, -0.2) is 43.5 Å². The first-order chi connectivity index (χ1) is 9.16. The van der Waals surface area contributed by atoms with Crippen molar-refractivity contribution in [1.82, 2.24) is 19.7 Å². The van der Waals surface area contributed by atoms with Crippen LogP contribution in [0.1, 0.15) is 57.2 Å². The maximum atomic E-state index is 9.72. The van der Waals surface area contributed by atoms with Crippen molar-refractivity contribution in [1.29, 1.82) is 0 Å². The molecule has 0 radical (unpaired) electrons. The summed E-state index contributed by atoms with van der Waals surface area (Å²) in [5.74, 6) is 2.08. The number of aromatic nitrogens is 3. The SMILES string of the molecule is CC(C)N1CCCCC1c1nnc2n1CCC(O)C2. The van der Waals surface area contributed by atoms with Crippen LogP contribution in [0.2, 0.25) is 0 Å². The predicted octanol–water partition coefficient (Wildman–Crippen LogP) is 1.52. The zero-order valence-electron chi connectivity index (χ0n) is 11.9. The molecule has 0 aromatic carbocycles. The maximum absolute atomic E-state index is 9.72. The molecule has 0 saturated carbocycles. The molecule has 0 aliphatic carbocycles. The van der Waals surface area contributed by atoms with Crippen LogP contribution in [0.3, 0.4) is 0 Å². The molecular formula is C14H24N4O. The van der Waals surface area contributed by atoms with E-state index in [1.165, 1.54) is 19.3 Å². The van der Waals surface area contributed by atoms with Crippen LogP contribution in [0.15, 0.2) is 0 Å². The minimum atomic E-state index is -0.239. The minimum absolute atomic E-state index is 0.239. The van der Waals surface area contributed by atoms with E-state index in [1.807, 2.05) is 0 Å². The van der Waals surface area contributed by atoms with E-state index in [9.17, 15) is 5.11 Å². The van der Waals surface area contributed by atoms with E-state index < -0.39 is 0 Å². The lowest BCUT2D eigenvalue weighted by Crippen LogP contribution is -2.40. The fourth-order valence-corrected chi connectivity index (χ4v) is 3.43. The first kappa shape index (κ1) is 13.1. The van der Waals surface area contributed by atoms with Crippen molar-refractivity contribution in [3.63, 3.8) is 0 Å². The Morgan fingerprint density at radius 1 is 1.16 bits per heavy atom. The van der Waals surface area contributed by atoms with Gasteiger partial charge in [-0.15, -0.1) is 10.2 Å². The van der Waals surface area contributed by atoms with Crippen molar-refractivity contribution < 1.29 is 5.11 Å². The van der Waals surface area contributed by atoms with Crippen LogP contribution >= 0.6 is 0 Å². The number of hydrogen-bond donors (Lipinski definition) is 1. The van der Waals surface area contributed by atoms with Crippen LogP contribution in [0.5, 0.6) is 0 Å². The highest BCUT2D eigenvalue weighted by Crippen LogP contribution is 2.32. The third-order valence-electron chi connectivity index (χ3n) is 4.47. The number of fused-ring (bicyclic) bond motifs is 1. The minimum Gasteiger partial charge on any atom is -0.393 e. The molecule has 1 fully saturated rings. The Kier molecular flexibility index (Phi) is 3.58. The smallest absolute Gasteiger partial charge is 0.150 e. The second-order valence-electron chi connectivity index (χ2n) is 6.12. The molecule has 1 N–H and O–H groups in total. The third kappa shape index (κ3) is 2.41. The fourth-order valence-electron chi connectivity index (χ4n) is 3.43. The summed E-state index contributed by atoms with van der Waals surface area (Å²) >= 11 is 0. The monoisotopic (exact) mass is 264 g/mol. The molecule has 0 bridgehead atoms. The fraction of sp³-hybridized carbons (Fsp3) is 0.857. The van der Waals surface area contributed by atoms with Crippen molar-refractivity contribution in [3.05, 3.63) is 11.6 Å². The van der Waals surface area contributed by atoms with Gasteiger partial charge in [-0.05, 0) is 39.7 Å². The van der Waals surface area contributed by atoms with Crippen LogP contribution in [0, 0.1) is 0 Å². The third-order valence-corrected chi connectivity index (χ3v) is 4.47. The summed E-state index contributed by atoms with van der Waals surface area (Å²) < 4.78 is 2.25. The van der Waals surface area contributed by atoms with Gasteiger partial charge >= 0.3 is 0 Å². The van der Waals surface area contributed by atoms with Gasteiger partial charge in [0.05, 0.1) is 12.1 Å². The number of aliphatic hydroxyl groups is 1. The molecule has 19 heavy (non-hydrogen) atoms. The Balaban J connectivity index is 1.88. The van der Waals surface area contributed by atoms with Gasteiger partial charge in [-0.2, -0.15) is 0 Å². The molecule has 1 aromatic rings. The number of nitrogens with zero attached hydrogens (tertiary/aromatic N) is 4. The summed E-state index contributed by atoms with van der Waals surface area (Å²) in [6, 6.07) is 0.956. The number of rotatable bonds is 2. The average Bonchev–Trinajstić information content (AvgIpc) is 2.81. The van der Waals surface area contributed by atoms with Gasteiger partial charge in [0.15, 0.2) is 0 Å². The number of likely N-dealkylation sites (tertiary alicyclic amines) is 1. The van der Waals surface area contributed by atoms with Crippen molar-refractivity contribution in [2.24, 2.45) is 0 Å². The predicted molar refractivity (Wildman–Crippen MR) is 72.8 cm³/mol. The first-order valence-electron chi connectivity index (χ1n) is 7.52. The molecule has 5 heteroatoms. The normalized spacial score (nSPS) is 28.6. The molecular weight excluding hydrogens is 240 g/mol. The van der Waals surface area contributed by atoms with Crippen LogP contribution < -0.4 is 0 Å². The van der Waals surface area contributed by atoms with Gasteiger partial charge in [-0.1, -0.05) is 6.42 Å². The second-order valence-corrected chi connectivity index (χ2v) is 6.12. The van der Waals surface area contributed by atoms with E-state index in [-0.39, 0.29) is 6.10 Å². The first-order valence-corrected chi connectivity index (χ1v) is 7.52. The van der Waals surface area contributed by atoms with E-state index in [4.69, 9.17) is 0 Å². The Morgan fingerprint density at radius 2 is 2.00 bits per heavy atom. The zero-order chi connectivity index (χ0) is 13.4. The van der Waals surface area contributed by atoms with E-state index in [0.717, 1.165) is 31.2 Å². The van der Waals surface area contributed by atoms with Gasteiger partial charge < -0.3 is 9.67 Å². The quantitative estimate of drug-likeness (QED) is 0.880. The Bertz CT molecular complexity index is 443. The lowest BCUT2D eigenvalue weighted by atomic mass is 9.99. The van der Waals surface area contributed by atoms with Gasteiger partial charge in [0.1, 0.15) is 11.6 Å². The van der Waals surface area contributed by atoms with Gasteiger partial charge in [0.25, 0.3) is 0 Å². The van der Waals surface area contributed by atoms with Gasteiger partial charge in [-0.25, -0.2) is 0 Å². The zero-order valence-corrected chi connectivity index (χ0v) is 11.9. The van der Waals surface area contributed by atoms with Gasteiger partial charge in [-0.3, -0.25) is 4.90 Å². The highest BCUT2D eigenvalue weighted by Gasteiger charge is 2.32. The Morgan fingerprint density at radius 3 is 2.79 bits per heavy atom. The van der Waals surface area contributed by atoms with Crippen LogP contribution in [0.25, 0.3) is 0 Å². The maximum Gasteiger partial charge on any atom is 0.150 e. The summed E-state index contributed by atoms with van der Waals surface area (Å²) in [6.45, 7) is 6.54. The van der Waals surface area contributed by atoms with E-state index in [0.29, 0.717) is 18.5 Å². The average molecular weight is 264 g/mol. The number of piperidine rings is 1. The summed E-state index contributed by atoms with van der Waals surface area (Å²) in [6.07, 6.45) is 4.98. The molecule has 2 atom stereocenters. The Labute approximate surface area is 114 Å². The summed E-state index contributed by atoms with van der Waals surface area (Å²) in [4.78, 5) is 2.55. The molecule has 5 nitrogen and oxygen atoms in total. The lowest BCUT2D eigenvalue weighted by Gasteiger charge is -2.38. The highest BCUT2D eigenvalue weighted by atomic mass is 16.3. The molecule has 106 valence electrons. The summed E-state index contributed by atoms with van der Waals surface area (Å²) in [5, 5.41) is 18.5. The van der Waals surface area contributed by atoms with Crippen molar-refractivity contribution >= 4 is 0 Å².